The molecule has 0 aromatic rings. The van der Waals surface area contributed by atoms with Crippen molar-refractivity contribution in [1.29, 1.82) is 0 Å². The third-order valence-corrected chi connectivity index (χ3v) is 3.74. The summed E-state index contributed by atoms with van der Waals surface area (Å²) in [5.74, 6) is 0. The highest BCUT2D eigenvalue weighted by atomic mass is 16.5. The van der Waals surface area contributed by atoms with E-state index in [1.165, 1.54) is 6.42 Å². The Kier molecular flexibility index (Phi) is 35.9. The first-order valence-corrected chi connectivity index (χ1v) is 10.8. The lowest BCUT2D eigenvalue weighted by atomic mass is 9.95. The zero-order chi connectivity index (χ0) is 27.7. The summed E-state index contributed by atoms with van der Waals surface area (Å²) in [6, 6.07) is 0. The van der Waals surface area contributed by atoms with E-state index in [9.17, 15) is 0 Å². The van der Waals surface area contributed by atoms with Crippen LogP contribution in [-0.4, -0.2) is 132 Å². The smallest absolute Gasteiger partial charge is 0.140 e. The van der Waals surface area contributed by atoms with Crippen molar-refractivity contribution in [2.24, 2.45) is 10.8 Å². The molecule has 0 aliphatic heterocycles. The molecule has 0 heterocycles. The van der Waals surface area contributed by atoms with E-state index in [1.807, 2.05) is 0 Å². The predicted molar refractivity (Wildman–Crippen MR) is 124 cm³/mol. The van der Waals surface area contributed by atoms with Crippen LogP contribution in [0.2, 0.25) is 0 Å². The molecule has 0 aromatic carbocycles. The first-order chi connectivity index (χ1) is 15.2. The Morgan fingerprint density at radius 3 is 0.939 bits per heavy atom. The highest BCUT2D eigenvalue weighted by Crippen LogP contribution is 2.11. The molecule has 0 spiro atoms. The van der Waals surface area contributed by atoms with E-state index in [4.69, 9.17) is 61.3 Å². The fourth-order valence-corrected chi connectivity index (χ4v) is 1.00. The maximum atomic E-state index is 9.12. The molecule has 0 rings (SSSR count). The van der Waals surface area contributed by atoms with Gasteiger partial charge in [-0.3, -0.25) is 0 Å². The largest absolute Gasteiger partial charge is 0.396 e. The van der Waals surface area contributed by atoms with Crippen molar-refractivity contribution in [2.75, 3.05) is 46.4 Å². The standard InChI is InChI=1S/C7H16O5.C5H12O3.C5H12O2.C3H8.CH4O2/c1-2-4(9)6(11)7(12)5(10)3-8;1-5(2-6,3-7)4-8;1-5(2,3-6)4-7;1-3-2;2-1-3/h4-12H,2-3H2,1H3;6-8H,2-4H2,1H3;6-7H,3-4H2,1-2H3;3H2,1-2H3;2-3H,1H2. The third-order valence-electron chi connectivity index (χ3n) is 3.74. The molecule has 0 aliphatic carbocycles. The van der Waals surface area contributed by atoms with Gasteiger partial charge in [0, 0.05) is 10.8 Å². The summed E-state index contributed by atoms with van der Waals surface area (Å²) in [7, 11) is 0. The number of aliphatic hydroxyl groups is 12. The van der Waals surface area contributed by atoms with Gasteiger partial charge in [-0.2, -0.15) is 0 Å². The molecule has 33 heavy (non-hydrogen) atoms. The lowest BCUT2D eigenvalue weighted by Crippen LogP contribution is -2.45. The van der Waals surface area contributed by atoms with Crippen molar-refractivity contribution in [2.45, 2.75) is 78.8 Å². The predicted octanol–water partition coefficient (Wildman–Crippen LogP) is -2.86. The van der Waals surface area contributed by atoms with Crippen LogP contribution in [-0.2, 0) is 0 Å². The number of hydrogen-bond acceptors (Lipinski definition) is 12. The normalized spacial score (nSPS) is 14.4. The average Bonchev–Trinajstić information content (AvgIpc) is 2.83. The Morgan fingerprint density at radius 2 is 0.818 bits per heavy atom. The number of aliphatic hydroxyl groups excluding tert-OH is 11. The van der Waals surface area contributed by atoms with Crippen LogP contribution < -0.4 is 0 Å². The molecule has 0 fully saturated rings. The Labute approximate surface area is 198 Å². The molecule has 0 bridgehead atoms. The SMILES string of the molecule is CC(C)(CO)CO.CC(CO)(CO)CO.CCC.CCC(O)C(O)C(O)C(O)CO.OCO. The second kappa shape index (κ2) is 27.8. The zero-order valence-electron chi connectivity index (χ0n) is 21.0. The van der Waals surface area contributed by atoms with Crippen LogP contribution >= 0.6 is 0 Å². The van der Waals surface area contributed by atoms with E-state index in [0.717, 1.165) is 0 Å². The van der Waals surface area contributed by atoms with Gasteiger partial charge in [0.2, 0.25) is 0 Å². The van der Waals surface area contributed by atoms with Crippen LogP contribution in [0, 0.1) is 10.8 Å². The van der Waals surface area contributed by atoms with Crippen molar-refractivity contribution in [3.63, 3.8) is 0 Å². The molecule has 4 unspecified atom stereocenters. The number of hydrogen-bond donors (Lipinski definition) is 12. The maximum Gasteiger partial charge on any atom is 0.140 e. The minimum atomic E-state index is -1.51. The Hall–Kier alpha value is -0.480. The van der Waals surface area contributed by atoms with Crippen molar-refractivity contribution >= 4 is 0 Å². The summed E-state index contributed by atoms with van der Waals surface area (Å²) in [5.41, 5.74) is -1.01. The van der Waals surface area contributed by atoms with Gasteiger partial charge in [-0.1, -0.05) is 48.0 Å². The van der Waals surface area contributed by atoms with Gasteiger partial charge >= 0.3 is 0 Å². The van der Waals surface area contributed by atoms with Gasteiger partial charge in [0.25, 0.3) is 0 Å². The van der Waals surface area contributed by atoms with Gasteiger partial charge in [0.15, 0.2) is 0 Å². The highest BCUT2D eigenvalue weighted by Gasteiger charge is 2.28. The van der Waals surface area contributed by atoms with E-state index in [0.29, 0.717) is 0 Å². The van der Waals surface area contributed by atoms with Crippen molar-refractivity contribution in [3.05, 3.63) is 0 Å². The van der Waals surface area contributed by atoms with Crippen LogP contribution in [0.25, 0.3) is 0 Å². The van der Waals surface area contributed by atoms with Crippen molar-refractivity contribution in [1.82, 2.24) is 0 Å². The summed E-state index contributed by atoms with van der Waals surface area (Å²) in [5, 5.41) is 101. The second-order valence-corrected chi connectivity index (χ2v) is 8.32. The van der Waals surface area contributed by atoms with E-state index in [-0.39, 0.29) is 44.9 Å². The van der Waals surface area contributed by atoms with Gasteiger partial charge in [0.05, 0.1) is 45.7 Å². The minimum Gasteiger partial charge on any atom is -0.396 e. The van der Waals surface area contributed by atoms with Crippen LogP contribution in [0.5, 0.6) is 0 Å². The molecule has 0 saturated heterocycles. The molecular weight excluding hydrogens is 444 g/mol. The molecule has 0 aliphatic rings. The van der Waals surface area contributed by atoms with Crippen LogP contribution in [0.4, 0.5) is 0 Å². The second-order valence-electron chi connectivity index (χ2n) is 8.32. The van der Waals surface area contributed by atoms with Gasteiger partial charge in [-0.05, 0) is 6.42 Å². The molecular formula is C21H52O12. The fourth-order valence-electron chi connectivity index (χ4n) is 1.00. The molecule has 4 atom stereocenters. The van der Waals surface area contributed by atoms with E-state index in [2.05, 4.69) is 13.8 Å². The monoisotopic (exact) mass is 496 g/mol. The fraction of sp³-hybridized carbons (Fsp3) is 1.00. The highest BCUT2D eigenvalue weighted by molar-refractivity contribution is 4.79. The molecule has 0 aromatic heterocycles. The molecule has 12 N–H and O–H groups in total. The molecule has 208 valence electrons. The first-order valence-electron chi connectivity index (χ1n) is 10.8. The van der Waals surface area contributed by atoms with Gasteiger partial charge in [0.1, 0.15) is 25.1 Å². The van der Waals surface area contributed by atoms with Gasteiger partial charge < -0.3 is 61.3 Å². The van der Waals surface area contributed by atoms with Crippen molar-refractivity contribution in [3.8, 4) is 0 Å². The Balaban J connectivity index is -0.000000109. The molecule has 0 radical (unpaired) electrons. The Bertz CT molecular complexity index is 324. The summed E-state index contributed by atoms with van der Waals surface area (Å²) < 4.78 is 0. The first kappa shape index (κ1) is 42.7. The summed E-state index contributed by atoms with van der Waals surface area (Å²) in [6.45, 7) is 9.24. The van der Waals surface area contributed by atoms with Crippen LogP contribution in [0.3, 0.4) is 0 Å². The maximum absolute atomic E-state index is 9.12. The third kappa shape index (κ3) is 29.5. The lowest BCUT2D eigenvalue weighted by Gasteiger charge is -2.24. The van der Waals surface area contributed by atoms with Crippen molar-refractivity contribution < 1.29 is 61.3 Å². The molecule has 12 nitrogen and oxygen atoms in total. The summed E-state index contributed by atoms with van der Waals surface area (Å²) in [6.07, 6.45) is -3.90. The molecule has 0 amide bonds. The lowest BCUT2D eigenvalue weighted by molar-refractivity contribution is -0.115. The van der Waals surface area contributed by atoms with Gasteiger partial charge in [-0.25, -0.2) is 0 Å². The number of rotatable bonds is 10. The Morgan fingerprint density at radius 1 is 0.545 bits per heavy atom. The van der Waals surface area contributed by atoms with Gasteiger partial charge in [-0.15, -0.1) is 0 Å². The van der Waals surface area contributed by atoms with Crippen LogP contribution in [0.1, 0.15) is 54.4 Å². The van der Waals surface area contributed by atoms with E-state index < -0.39 is 43.2 Å². The molecule has 0 saturated carbocycles. The zero-order valence-corrected chi connectivity index (χ0v) is 21.0. The molecule has 12 heteroatoms. The topological polar surface area (TPSA) is 243 Å². The summed E-state index contributed by atoms with van der Waals surface area (Å²) >= 11 is 0. The van der Waals surface area contributed by atoms with E-state index in [1.54, 1.807) is 27.7 Å². The minimum absolute atomic E-state index is 0.0451. The quantitative estimate of drug-likeness (QED) is 0.137. The summed E-state index contributed by atoms with van der Waals surface area (Å²) in [4.78, 5) is 0. The van der Waals surface area contributed by atoms with Crippen LogP contribution in [0.15, 0.2) is 0 Å². The van der Waals surface area contributed by atoms with E-state index >= 15 is 0 Å². The average molecular weight is 497 g/mol.